The average molecular weight is 284 g/mol. The molecule has 4 heavy (non-hydrogen) atoms. The maximum atomic E-state index is 2.29. The van der Waals surface area contributed by atoms with Gasteiger partial charge in [0.2, 0.25) is 0 Å². The van der Waals surface area contributed by atoms with Crippen molar-refractivity contribution in [1.82, 2.24) is 0 Å². The van der Waals surface area contributed by atoms with Crippen LogP contribution < -0.4 is 0 Å². The Labute approximate surface area is 57.5 Å². The Bertz CT molecular complexity index is 4.00. The van der Waals surface area contributed by atoms with Crippen LogP contribution >= 0.6 is 46.6 Å². The second kappa shape index (κ2) is 8.82. The third-order valence-electron chi connectivity index (χ3n) is 0. The lowest BCUT2D eigenvalue weighted by Gasteiger charge is -1.45. The van der Waals surface area contributed by atoms with Gasteiger partial charge in [-0.25, -0.2) is 0 Å². The van der Waals surface area contributed by atoms with Crippen LogP contribution in [0.15, 0.2) is 0 Å². The predicted molar refractivity (Wildman–Crippen MR) is 40.0 cm³/mol. The molecule has 0 spiro atoms. The van der Waals surface area contributed by atoms with Crippen molar-refractivity contribution in [3.8, 4) is 0 Å². The van der Waals surface area contributed by atoms with Crippen molar-refractivity contribution in [2.24, 2.45) is 0 Å². The maximum absolute atomic E-state index is 2.29. The van der Waals surface area contributed by atoms with Crippen LogP contribution in [0.4, 0.5) is 0 Å². The zero-order valence-corrected chi connectivity index (χ0v) is 6.98. The van der Waals surface area contributed by atoms with Crippen LogP contribution in [0, 0.1) is 0 Å². The fourth-order valence-electron chi connectivity index (χ4n) is 0. The molecule has 0 aromatic heterocycles. The third kappa shape index (κ3) is 9.82. The summed E-state index contributed by atoms with van der Waals surface area (Å²) in [7, 11) is 0. The Morgan fingerprint density at radius 1 is 1.75 bits per heavy atom. The summed E-state index contributed by atoms with van der Waals surface area (Å²) in [6.07, 6.45) is 0. The molecular formula is C2H6I2. The zero-order valence-electron chi connectivity index (χ0n) is 2.49. The van der Waals surface area contributed by atoms with E-state index in [4.69, 9.17) is 0 Å². The van der Waals surface area contributed by atoms with Gasteiger partial charge in [0.1, 0.15) is 0 Å². The molecule has 0 rings (SSSR count). The van der Waals surface area contributed by atoms with Crippen molar-refractivity contribution >= 4 is 46.6 Å². The first-order chi connectivity index (χ1) is 1.41. The Morgan fingerprint density at radius 2 is 1.75 bits per heavy atom. The number of rotatable bonds is 0. The SMILES string of the molecule is CCI.I. The van der Waals surface area contributed by atoms with Crippen LogP contribution in [-0.4, -0.2) is 4.43 Å². The molecule has 0 saturated carbocycles. The minimum Gasteiger partial charge on any atom is -0.107 e. The van der Waals surface area contributed by atoms with E-state index in [1.165, 1.54) is 4.43 Å². The van der Waals surface area contributed by atoms with E-state index in [1.54, 1.807) is 0 Å². The third-order valence-corrected chi connectivity index (χ3v) is 0. The lowest BCUT2D eigenvalue weighted by molar-refractivity contribution is 1.58. The normalized spacial score (nSPS) is 4.50. The summed E-state index contributed by atoms with van der Waals surface area (Å²) in [6, 6.07) is 0. The summed E-state index contributed by atoms with van der Waals surface area (Å²) in [5.74, 6) is 0. The van der Waals surface area contributed by atoms with Gasteiger partial charge in [0, 0.05) is 0 Å². The molecule has 0 nitrogen and oxygen atoms in total. The predicted octanol–water partition coefficient (Wildman–Crippen LogP) is 2.06. The molecule has 0 unspecified atom stereocenters. The first-order valence-corrected chi connectivity index (χ1v) is 2.50. The molecule has 0 aromatic rings. The molecule has 2 heteroatoms. The van der Waals surface area contributed by atoms with E-state index in [9.17, 15) is 0 Å². The van der Waals surface area contributed by atoms with Crippen molar-refractivity contribution in [1.29, 1.82) is 0 Å². The van der Waals surface area contributed by atoms with E-state index in [0.717, 1.165) is 0 Å². The Kier molecular flexibility index (Phi) is 20.0. The van der Waals surface area contributed by atoms with Crippen LogP contribution in [0.5, 0.6) is 0 Å². The highest BCUT2D eigenvalue weighted by Gasteiger charge is 1.38. The van der Waals surface area contributed by atoms with E-state index < -0.39 is 0 Å². The maximum Gasteiger partial charge on any atom is -0.00332 e. The number of alkyl halides is 1. The summed E-state index contributed by atoms with van der Waals surface area (Å²) in [6.45, 7) is 2.11. The van der Waals surface area contributed by atoms with E-state index >= 15 is 0 Å². The van der Waals surface area contributed by atoms with Crippen molar-refractivity contribution in [3.63, 3.8) is 0 Å². The van der Waals surface area contributed by atoms with E-state index in [0.29, 0.717) is 0 Å². The first-order valence-electron chi connectivity index (χ1n) is 0.974. The quantitative estimate of drug-likeness (QED) is 0.472. The Balaban J connectivity index is 0. The van der Waals surface area contributed by atoms with Crippen LogP contribution in [0.2, 0.25) is 0 Å². The Morgan fingerprint density at radius 3 is 1.75 bits per heavy atom. The van der Waals surface area contributed by atoms with Gasteiger partial charge in [-0.05, 0) is 4.43 Å². The minimum atomic E-state index is 0. The molecule has 0 amide bonds. The molecule has 0 radical (unpaired) electrons. The van der Waals surface area contributed by atoms with Gasteiger partial charge in [0.05, 0.1) is 0 Å². The molecule has 0 aromatic carbocycles. The fraction of sp³-hybridized carbons (Fsp3) is 1.00. The summed E-state index contributed by atoms with van der Waals surface area (Å²) in [5, 5.41) is 0. The molecule has 0 heterocycles. The molecule has 0 aliphatic carbocycles. The van der Waals surface area contributed by atoms with Gasteiger partial charge < -0.3 is 0 Å². The molecule has 0 atom stereocenters. The highest BCUT2D eigenvalue weighted by Crippen LogP contribution is 1.69. The summed E-state index contributed by atoms with van der Waals surface area (Å²) >= 11 is 2.29. The topological polar surface area (TPSA) is 0 Å². The second-order valence-electron chi connectivity index (χ2n) is 0.267. The van der Waals surface area contributed by atoms with Gasteiger partial charge in [-0.2, -0.15) is 0 Å². The van der Waals surface area contributed by atoms with Crippen molar-refractivity contribution in [2.75, 3.05) is 4.43 Å². The van der Waals surface area contributed by atoms with Crippen LogP contribution in [0.3, 0.4) is 0 Å². The first kappa shape index (κ1) is 9.07. The van der Waals surface area contributed by atoms with Gasteiger partial charge in [0.25, 0.3) is 0 Å². The smallest absolute Gasteiger partial charge is 0.00332 e. The lowest BCUT2D eigenvalue weighted by Crippen LogP contribution is -1.33. The van der Waals surface area contributed by atoms with Gasteiger partial charge in [-0.1, -0.05) is 29.5 Å². The van der Waals surface area contributed by atoms with E-state index in [-0.39, 0.29) is 24.0 Å². The summed E-state index contributed by atoms with van der Waals surface area (Å²) in [5.41, 5.74) is 0. The largest absolute Gasteiger partial charge is 0.107 e. The highest BCUT2D eigenvalue weighted by molar-refractivity contribution is 14.1. The minimum absolute atomic E-state index is 0. The lowest BCUT2D eigenvalue weighted by atomic mass is 11.0. The standard InChI is InChI=1S/C2H5I.HI/c1-2-3;/h2H2,1H3;1H. The zero-order chi connectivity index (χ0) is 2.71. The molecule has 28 valence electrons. The van der Waals surface area contributed by atoms with Crippen LogP contribution in [-0.2, 0) is 0 Å². The van der Waals surface area contributed by atoms with E-state index in [1.807, 2.05) is 0 Å². The van der Waals surface area contributed by atoms with Crippen LogP contribution in [0.1, 0.15) is 6.92 Å². The van der Waals surface area contributed by atoms with Crippen molar-refractivity contribution in [2.45, 2.75) is 6.92 Å². The summed E-state index contributed by atoms with van der Waals surface area (Å²) in [4.78, 5) is 0. The molecule has 0 fully saturated rings. The number of hydrogen-bond donors (Lipinski definition) is 0. The van der Waals surface area contributed by atoms with Crippen molar-refractivity contribution < 1.29 is 0 Å². The van der Waals surface area contributed by atoms with Gasteiger partial charge >= 0.3 is 0 Å². The van der Waals surface area contributed by atoms with Gasteiger partial charge in [-0.3, -0.25) is 0 Å². The molecule has 0 bridgehead atoms. The second-order valence-corrected chi connectivity index (χ2v) is 1.79. The molecular weight excluding hydrogens is 278 g/mol. The molecule has 0 aliphatic heterocycles. The molecule has 0 saturated heterocycles. The molecule has 0 aliphatic rings. The van der Waals surface area contributed by atoms with Crippen LogP contribution in [0.25, 0.3) is 0 Å². The Hall–Kier alpha value is 1.46. The fourth-order valence-corrected chi connectivity index (χ4v) is 0. The van der Waals surface area contributed by atoms with E-state index in [2.05, 4.69) is 29.5 Å². The monoisotopic (exact) mass is 284 g/mol. The molecule has 0 N–H and O–H groups in total. The van der Waals surface area contributed by atoms with Crippen molar-refractivity contribution in [3.05, 3.63) is 0 Å². The van der Waals surface area contributed by atoms with Gasteiger partial charge in [0.15, 0.2) is 0 Å². The number of halogens is 2. The highest BCUT2D eigenvalue weighted by atomic mass is 127. The summed E-state index contributed by atoms with van der Waals surface area (Å²) < 4.78 is 1.22. The average Bonchev–Trinajstić information content (AvgIpc) is 0.918. The van der Waals surface area contributed by atoms with Gasteiger partial charge in [-0.15, -0.1) is 24.0 Å². The number of hydrogen-bond acceptors (Lipinski definition) is 0.